The highest BCUT2D eigenvalue weighted by Crippen LogP contribution is 2.16. The highest BCUT2D eigenvalue weighted by atomic mass is 16.5. The van der Waals surface area contributed by atoms with E-state index in [4.69, 9.17) is 4.74 Å². The Morgan fingerprint density at radius 3 is 2.27 bits per heavy atom. The first-order chi connectivity index (χ1) is 10.6. The van der Waals surface area contributed by atoms with Gasteiger partial charge in [-0.3, -0.25) is 10.1 Å². The van der Waals surface area contributed by atoms with E-state index in [1.54, 1.807) is 0 Å². The zero-order chi connectivity index (χ0) is 15.9. The minimum absolute atomic E-state index is 0.137. The number of hydrogen-bond donors (Lipinski definition) is 2. The summed E-state index contributed by atoms with van der Waals surface area (Å²) in [5, 5.41) is 12.4. The molecule has 0 bridgehead atoms. The molecule has 0 aliphatic carbocycles. The van der Waals surface area contributed by atoms with Crippen molar-refractivity contribution in [1.29, 1.82) is 0 Å². The van der Waals surface area contributed by atoms with Crippen molar-refractivity contribution in [2.24, 2.45) is 0 Å². The van der Waals surface area contributed by atoms with Crippen LogP contribution in [0.2, 0.25) is 0 Å². The fraction of sp³-hybridized carbons (Fsp3) is 0.278. The van der Waals surface area contributed by atoms with E-state index in [0.717, 1.165) is 16.9 Å². The zero-order valence-electron chi connectivity index (χ0n) is 12.8. The van der Waals surface area contributed by atoms with Crippen molar-refractivity contribution in [1.82, 2.24) is 5.32 Å². The molecule has 2 aromatic carbocycles. The Kier molecular flexibility index (Phi) is 5.55. The molecule has 1 atom stereocenters. The van der Waals surface area contributed by atoms with Gasteiger partial charge >= 0.3 is 5.97 Å². The lowest BCUT2D eigenvalue weighted by Gasteiger charge is -2.15. The van der Waals surface area contributed by atoms with Crippen molar-refractivity contribution in [3.05, 3.63) is 65.7 Å². The molecular formula is C18H21NO3. The summed E-state index contributed by atoms with van der Waals surface area (Å²) in [6.45, 7) is 4.44. The van der Waals surface area contributed by atoms with Crippen LogP contribution in [0.5, 0.6) is 5.75 Å². The molecule has 0 amide bonds. The molecule has 0 saturated carbocycles. The lowest BCUT2D eigenvalue weighted by atomic mass is 10.1. The van der Waals surface area contributed by atoms with Crippen LogP contribution in [0.3, 0.4) is 0 Å². The van der Waals surface area contributed by atoms with Crippen molar-refractivity contribution < 1.29 is 14.6 Å². The summed E-state index contributed by atoms with van der Waals surface area (Å²) in [6.07, 6.45) is 0.137. The van der Waals surface area contributed by atoms with Crippen molar-refractivity contribution >= 4 is 5.97 Å². The van der Waals surface area contributed by atoms with E-state index in [2.05, 4.69) is 5.32 Å². The number of carboxylic acid groups (broad SMARTS) is 1. The highest BCUT2D eigenvalue weighted by Gasteiger charge is 2.18. The number of carboxylic acids is 1. The number of hydrogen-bond acceptors (Lipinski definition) is 3. The van der Waals surface area contributed by atoms with Crippen molar-refractivity contribution in [3.63, 3.8) is 0 Å². The lowest BCUT2D eigenvalue weighted by Crippen LogP contribution is -2.28. The average molecular weight is 299 g/mol. The second-order valence-corrected chi connectivity index (χ2v) is 5.37. The number of carbonyl (C=O) groups is 1. The topological polar surface area (TPSA) is 58.6 Å². The normalized spacial score (nSPS) is 12.1. The van der Waals surface area contributed by atoms with Gasteiger partial charge < -0.3 is 9.84 Å². The van der Waals surface area contributed by atoms with E-state index in [-0.39, 0.29) is 6.10 Å². The van der Waals surface area contributed by atoms with Crippen LogP contribution in [0.4, 0.5) is 0 Å². The fourth-order valence-corrected chi connectivity index (χ4v) is 2.17. The van der Waals surface area contributed by atoms with E-state index in [9.17, 15) is 9.90 Å². The summed E-state index contributed by atoms with van der Waals surface area (Å²) in [5.74, 6) is -0.0671. The zero-order valence-corrected chi connectivity index (χ0v) is 12.8. The van der Waals surface area contributed by atoms with Gasteiger partial charge in [-0.15, -0.1) is 0 Å². The van der Waals surface area contributed by atoms with Gasteiger partial charge in [0.25, 0.3) is 0 Å². The first-order valence-electron chi connectivity index (χ1n) is 7.33. The molecule has 0 fully saturated rings. The van der Waals surface area contributed by atoms with Gasteiger partial charge in [0, 0.05) is 6.54 Å². The molecule has 0 radical (unpaired) electrons. The van der Waals surface area contributed by atoms with Crippen molar-refractivity contribution in [2.75, 3.05) is 0 Å². The van der Waals surface area contributed by atoms with Crippen molar-refractivity contribution in [3.8, 4) is 5.75 Å². The fourth-order valence-electron chi connectivity index (χ4n) is 2.17. The number of aliphatic carboxylic acids is 1. The van der Waals surface area contributed by atoms with Gasteiger partial charge in [-0.25, -0.2) is 0 Å². The summed E-state index contributed by atoms with van der Waals surface area (Å²) in [5.41, 5.74) is 1.76. The van der Waals surface area contributed by atoms with Gasteiger partial charge in [-0.05, 0) is 37.1 Å². The third kappa shape index (κ3) is 4.60. The minimum Gasteiger partial charge on any atom is -0.491 e. The summed E-state index contributed by atoms with van der Waals surface area (Å²) in [7, 11) is 0. The second-order valence-electron chi connectivity index (χ2n) is 5.37. The van der Waals surface area contributed by atoms with Gasteiger partial charge in [0.2, 0.25) is 0 Å². The van der Waals surface area contributed by atoms with Gasteiger partial charge in [-0.2, -0.15) is 0 Å². The summed E-state index contributed by atoms with van der Waals surface area (Å²) >= 11 is 0. The monoisotopic (exact) mass is 299 g/mol. The van der Waals surface area contributed by atoms with E-state index in [1.807, 2.05) is 68.4 Å². The molecule has 0 spiro atoms. The van der Waals surface area contributed by atoms with Crippen LogP contribution in [0.1, 0.15) is 31.0 Å². The van der Waals surface area contributed by atoms with E-state index < -0.39 is 12.0 Å². The molecular weight excluding hydrogens is 278 g/mol. The van der Waals surface area contributed by atoms with E-state index in [0.29, 0.717) is 6.54 Å². The second kappa shape index (κ2) is 7.61. The van der Waals surface area contributed by atoms with Crippen LogP contribution < -0.4 is 10.1 Å². The average Bonchev–Trinajstić information content (AvgIpc) is 2.49. The molecule has 0 heterocycles. The minimum atomic E-state index is -0.883. The maximum atomic E-state index is 11.4. The number of benzene rings is 2. The van der Waals surface area contributed by atoms with Gasteiger partial charge in [0.05, 0.1) is 6.10 Å². The molecule has 22 heavy (non-hydrogen) atoms. The summed E-state index contributed by atoms with van der Waals surface area (Å²) in [4.78, 5) is 11.4. The van der Waals surface area contributed by atoms with Crippen LogP contribution in [-0.2, 0) is 11.3 Å². The molecule has 2 rings (SSSR count). The number of nitrogens with one attached hydrogen (secondary N) is 1. The van der Waals surface area contributed by atoms with Crippen LogP contribution in [0.15, 0.2) is 54.6 Å². The van der Waals surface area contributed by atoms with Crippen LogP contribution in [0.25, 0.3) is 0 Å². The highest BCUT2D eigenvalue weighted by molar-refractivity contribution is 5.75. The molecule has 4 nitrogen and oxygen atoms in total. The quantitative estimate of drug-likeness (QED) is 0.823. The molecule has 4 heteroatoms. The molecule has 0 saturated heterocycles. The number of rotatable bonds is 7. The first-order valence-corrected chi connectivity index (χ1v) is 7.33. The molecule has 2 N–H and O–H groups in total. The Morgan fingerprint density at radius 2 is 1.73 bits per heavy atom. The molecule has 0 aromatic heterocycles. The van der Waals surface area contributed by atoms with Gasteiger partial charge in [0.15, 0.2) is 0 Å². The Balaban J connectivity index is 1.99. The standard InChI is InChI=1S/C18H21NO3/c1-13(2)22-16-10-8-14(9-11-16)12-19-17(18(20)21)15-6-4-3-5-7-15/h3-11,13,17,19H,12H2,1-2H3,(H,20,21)/t17-/m1/s1. The molecule has 0 unspecified atom stereocenters. The molecule has 0 aliphatic heterocycles. The molecule has 116 valence electrons. The predicted molar refractivity (Wildman–Crippen MR) is 85.9 cm³/mol. The maximum absolute atomic E-state index is 11.4. The van der Waals surface area contributed by atoms with Crippen molar-refractivity contribution in [2.45, 2.75) is 32.5 Å². The van der Waals surface area contributed by atoms with Crippen LogP contribution in [-0.4, -0.2) is 17.2 Å². The Labute approximate surface area is 130 Å². The third-order valence-electron chi connectivity index (χ3n) is 3.19. The Bertz CT molecular complexity index is 593. The van der Waals surface area contributed by atoms with E-state index >= 15 is 0 Å². The lowest BCUT2D eigenvalue weighted by molar-refractivity contribution is -0.139. The van der Waals surface area contributed by atoms with Gasteiger partial charge in [-0.1, -0.05) is 42.5 Å². The van der Waals surface area contributed by atoms with E-state index in [1.165, 1.54) is 0 Å². The first kappa shape index (κ1) is 16.0. The SMILES string of the molecule is CC(C)Oc1ccc(CN[C@@H](C(=O)O)c2ccccc2)cc1. The van der Waals surface area contributed by atoms with Crippen LogP contribution in [0, 0.1) is 0 Å². The maximum Gasteiger partial charge on any atom is 0.325 e. The summed E-state index contributed by atoms with van der Waals surface area (Å²) < 4.78 is 5.59. The Hall–Kier alpha value is -2.33. The molecule has 0 aliphatic rings. The molecule has 2 aromatic rings. The number of ether oxygens (including phenoxy) is 1. The largest absolute Gasteiger partial charge is 0.491 e. The van der Waals surface area contributed by atoms with Crippen LogP contribution >= 0.6 is 0 Å². The third-order valence-corrected chi connectivity index (χ3v) is 3.19. The predicted octanol–water partition coefficient (Wildman–Crippen LogP) is 3.39. The Morgan fingerprint density at radius 1 is 1.09 bits per heavy atom. The van der Waals surface area contributed by atoms with Gasteiger partial charge in [0.1, 0.15) is 11.8 Å². The summed E-state index contributed by atoms with van der Waals surface area (Å²) in [6, 6.07) is 16.1. The smallest absolute Gasteiger partial charge is 0.325 e.